The van der Waals surface area contributed by atoms with Gasteiger partial charge in [-0.15, -0.1) is 0 Å². The second-order valence-electron chi connectivity index (χ2n) is 3.15. The Morgan fingerprint density at radius 1 is 1.31 bits per heavy atom. The molecular weight excluding hydrogens is 228 g/mol. The van der Waals surface area contributed by atoms with Crippen LogP contribution in [0.3, 0.4) is 0 Å². The molecule has 0 aromatic heterocycles. The lowest BCUT2D eigenvalue weighted by Gasteiger charge is -2.14. The van der Waals surface area contributed by atoms with Crippen molar-refractivity contribution in [3.05, 3.63) is 35.4 Å². The van der Waals surface area contributed by atoms with Crippen molar-refractivity contribution in [1.82, 2.24) is 0 Å². The minimum atomic E-state index is -4.68. The number of halogens is 4. The Morgan fingerprint density at radius 2 is 1.88 bits per heavy atom. The van der Waals surface area contributed by atoms with E-state index in [1.54, 1.807) is 0 Å². The maximum Gasteiger partial charge on any atom is 0.416 e. The molecule has 0 amide bonds. The first-order valence-electron chi connectivity index (χ1n) is 4.34. The second kappa shape index (κ2) is 4.51. The lowest BCUT2D eigenvalue weighted by molar-refractivity contribution is -0.141. The third kappa shape index (κ3) is 2.95. The predicted octanol–water partition coefficient (Wildman–Crippen LogP) is 3.19. The van der Waals surface area contributed by atoms with Gasteiger partial charge in [0.25, 0.3) is 0 Å². The SMILES string of the molecule is O=C(O)CC(F)c1ccccc1C(F)(F)F. The van der Waals surface area contributed by atoms with Crippen LogP contribution in [0.4, 0.5) is 17.6 Å². The molecule has 0 aliphatic rings. The molecule has 0 fully saturated rings. The summed E-state index contributed by atoms with van der Waals surface area (Å²) in [5.41, 5.74) is -1.78. The van der Waals surface area contributed by atoms with E-state index in [2.05, 4.69) is 0 Å². The van der Waals surface area contributed by atoms with Crippen molar-refractivity contribution in [2.45, 2.75) is 18.8 Å². The average molecular weight is 236 g/mol. The minimum Gasteiger partial charge on any atom is -0.481 e. The van der Waals surface area contributed by atoms with Crippen molar-refractivity contribution in [3.8, 4) is 0 Å². The van der Waals surface area contributed by atoms with Gasteiger partial charge in [0, 0.05) is 0 Å². The summed E-state index contributed by atoms with van der Waals surface area (Å²) < 4.78 is 50.6. The van der Waals surface area contributed by atoms with Gasteiger partial charge in [0.05, 0.1) is 12.0 Å². The van der Waals surface area contributed by atoms with Gasteiger partial charge in [-0.05, 0) is 11.6 Å². The summed E-state index contributed by atoms with van der Waals surface area (Å²) >= 11 is 0. The lowest BCUT2D eigenvalue weighted by Crippen LogP contribution is -2.12. The van der Waals surface area contributed by atoms with E-state index < -0.39 is 35.9 Å². The number of carbonyl (C=O) groups is 1. The summed E-state index contributed by atoms with van der Waals surface area (Å²) in [6.45, 7) is 0. The summed E-state index contributed by atoms with van der Waals surface area (Å²) in [6.07, 6.45) is -7.82. The molecule has 0 heterocycles. The van der Waals surface area contributed by atoms with E-state index in [-0.39, 0.29) is 0 Å². The molecule has 1 N–H and O–H groups in total. The van der Waals surface area contributed by atoms with Gasteiger partial charge in [0.1, 0.15) is 6.17 Å². The molecule has 16 heavy (non-hydrogen) atoms. The molecule has 0 bridgehead atoms. The number of alkyl halides is 4. The molecule has 1 aromatic carbocycles. The molecule has 0 spiro atoms. The van der Waals surface area contributed by atoms with E-state index in [0.717, 1.165) is 18.2 Å². The standard InChI is InChI=1S/C10H8F4O2/c11-8(5-9(15)16)6-3-1-2-4-7(6)10(12,13)14/h1-4,8H,5H2,(H,15,16). The Balaban J connectivity index is 3.08. The van der Waals surface area contributed by atoms with Gasteiger partial charge < -0.3 is 5.11 Å². The Kier molecular flexibility index (Phi) is 3.51. The van der Waals surface area contributed by atoms with Gasteiger partial charge >= 0.3 is 12.1 Å². The Morgan fingerprint density at radius 3 is 2.38 bits per heavy atom. The summed E-state index contributed by atoms with van der Waals surface area (Å²) in [5.74, 6) is -1.48. The Bertz CT molecular complexity index is 387. The molecule has 88 valence electrons. The van der Waals surface area contributed by atoms with Crippen molar-refractivity contribution in [3.63, 3.8) is 0 Å². The topological polar surface area (TPSA) is 37.3 Å². The molecule has 1 unspecified atom stereocenters. The van der Waals surface area contributed by atoms with Gasteiger partial charge in [0.15, 0.2) is 0 Å². The Labute approximate surface area is 88.5 Å². The minimum absolute atomic E-state index is 0.641. The van der Waals surface area contributed by atoms with Crippen molar-refractivity contribution in [1.29, 1.82) is 0 Å². The van der Waals surface area contributed by atoms with Crippen LogP contribution in [-0.2, 0) is 11.0 Å². The Hall–Kier alpha value is -1.59. The molecule has 6 heteroatoms. The van der Waals surface area contributed by atoms with E-state index in [0.29, 0.717) is 0 Å². The van der Waals surface area contributed by atoms with E-state index in [9.17, 15) is 22.4 Å². The number of benzene rings is 1. The quantitative estimate of drug-likeness (QED) is 0.818. The highest BCUT2D eigenvalue weighted by atomic mass is 19.4. The van der Waals surface area contributed by atoms with Gasteiger partial charge in [0.2, 0.25) is 0 Å². The van der Waals surface area contributed by atoms with Crippen LogP contribution in [0, 0.1) is 0 Å². The predicted molar refractivity (Wildman–Crippen MR) is 47.5 cm³/mol. The molecule has 0 aliphatic heterocycles. The fraction of sp³-hybridized carbons (Fsp3) is 0.300. The number of carboxylic acid groups (broad SMARTS) is 1. The molecule has 2 nitrogen and oxygen atoms in total. The summed E-state index contributed by atoms with van der Waals surface area (Å²) in [7, 11) is 0. The second-order valence-corrected chi connectivity index (χ2v) is 3.15. The van der Waals surface area contributed by atoms with Gasteiger partial charge in [-0.3, -0.25) is 4.79 Å². The number of hydrogen-bond donors (Lipinski definition) is 1. The van der Waals surface area contributed by atoms with Crippen LogP contribution >= 0.6 is 0 Å². The van der Waals surface area contributed by atoms with E-state index >= 15 is 0 Å². The van der Waals surface area contributed by atoms with E-state index in [4.69, 9.17) is 5.11 Å². The zero-order valence-electron chi connectivity index (χ0n) is 7.96. The first-order chi connectivity index (χ1) is 7.32. The number of hydrogen-bond acceptors (Lipinski definition) is 1. The highest BCUT2D eigenvalue weighted by molar-refractivity contribution is 5.67. The molecule has 1 atom stereocenters. The highest BCUT2D eigenvalue weighted by Gasteiger charge is 2.35. The molecule has 0 saturated heterocycles. The van der Waals surface area contributed by atoms with Crippen LogP contribution in [0.1, 0.15) is 23.7 Å². The van der Waals surface area contributed by atoms with Crippen LogP contribution in [0.5, 0.6) is 0 Å². The van der Waals surface area contributed by atoms with Crippen molar-refractivity contribution in [2.24, 2.45) is 0 Å². The fourth-order valence-electron chi connectivity index (χ4n) is 1.29. The van der Waals surface area contributed by atoms with Gasteiger partial charge in [-0.2, -0.15) is 13.2 Å². The summed E-state index contributed by atoms with van der Waals surface area (Å²) in [4.78, 5) is 10.2. The maximum atomic E-state index is 13.3. The molecule has 0 aliphatic carbocycles. The van der Waals surface area contributed by atoms with E-state index in [1.807, 2.05) is 0 Å². The average Bonchev–Trinajstić information content (AvgIpc) is 2.15. The molecular formula is C10H8F4O2. The number of rotatable bonds is 3. The van der Waals surface area contributed by atoms with Crippen LogP contribution in [-0.4, -0.2) is 11.1 Å². The van der Waals surface area contributed by atoms with Crippen LogP contribution in [0.2, 0.25) is 0 Å². The van der Waals surface area contributed by atoms with E-state index in [1.165, 1.54) is 6.07 Å². The third-order valence-electron chi connectivity index (χ3n) is 1.96. The summed E-state index contributed by atoms with van der Waals surface area (Å²) in [5, 5.41) is 8.32. The fourth-order valence-corrected chi connectivity index (χ4v) is 1.29. The molecule has 1 aromatic rings. The van der Waals surface area contributed by atoms with Crippen LogP contribution in [0.15, 0.2) is 24.3 Å². The third-order valence-corrected chi connectivity index (χ3v) is 1.96. The summed E-state index contributed by atoms with van der Waals surface area (Å²) in [6, 6.07) is 4.03. The van der Waals surface area contributed by atoms with Crippen molar-refractivity contribution in [2.75, 3.05) is 0 Å². The van der Waals surface area contributed by atoms with Gasteiger partial charge in [-0.25, -0.2) is 4.39 Å². The molecule has 0 saturated carbocycles. The monoisotopic (exact) mass is 236 g/mol. The normalized spacial score (nSPS) is 13.5. The van der Waals surface area contributed by atoms with Crippen LogP contribution < -0.4 is 0 Å². The largest absolute Gasteiger partial charge is 0.481 e. The number of carboxylic acids is 1. The first kappa shape index (κ1) is 12.5. The van der Waals surface area contributed by atoms with Gasteiger partial charge in [-0.1, -0.05) is 18.2 Å². The highest BCUT2D eigenvalue weighted by Crippen LogP contribution is 2.36. The zero-order chi connectivity index (χ0) is 12.3. The molecule has 0 radical (unpaired) electrons. The number of aliphatic carboxylic acids is 1. The lowest BCUT2D eigenvalue weighted by atomic mass is 10.0. The smallest absolute Gasteiger partial charge is 0.416 e. The van der Waals surface area contributed by atoms with Crippen molar-refractivity contribution < 1.29 is 27.5 Å². The maximum absolute atomic E-state index is 13.3. The van der Waals surface area contributed by atoms with Crippen LogP contribution in [0.25, 0.3) is 0 Å². The molecule has 1 rings (SSSR count). The first-order valence-corrected chi connectivity index (χ1v) is 4.34. The zero-order valence-corrected chi connectivity index (χ0v) is 7.96. The van der Waals surface area contributed by atoms with Crippen molar-refractivity contribution >= 4 is 5.97 Å².